The standard InChI is InChI=1S/C21H21N3O5S/c1-3-14-8-10-15(11-9-14)28-12-19-23-24-21(29-19)30-13-18(25)22-17-7-5-4-6-16(17)20(26)27-2/h4-11H,3,12-13H2,1-2H3,(H,22,25). The zero-order valence-corrected chi connectivity index (χ0v) is 17.4. The molecule has 3 rings (SSSR count). The Hall–Kier alpha value is -3.33. The average Bonchev–Trinajstić information content (AvgIpc) is 3.24. The van der Waals surface area contributed by atoms with Crippen molar-refractivity contribution in [1.82, 2.24) is 10.2 Å². The second kappa shape index (κ2) is 10.4. The predicted molar refractivity (Wildman–Crippen MR) is 112 cm³/mol. The SMILES string of the molecule is CCc1ccc(OCc2nnc(SCC(=O)Nc3ccccc3C(=O)OC)o2)cc1. The van der Waals surface area contributed by atoms with Crippen molar-refractivity contribution in [3.8, 4) is 5.75 Å². The fourth-order valence-corrected chi connectivity index (χ4v) is 3.10. The Morgan fingerprint density at radius 3 is 2.60 bits per heavy atom. The number of benzene rings is 2. The van der Waals surface area contributed by atoms with Crippen LogP contribution in [0.4, 0.5) is 5.69 Å². The maximum absolute atomic E-state index is 12.2. The maximum Gasteiger partial charge on any atom is 0.339 e. The smallest absolute Gasteiger partial charge is 0.339 e. The minimum Gasteiger partial charge on any atom is -0.484 e. The first-order valence-corrected chi connectivity index (χ1v) is 10.2. The van der Waals surface area contributed by atoms with Crippen LogP contribution in [-0.2, 0) is 22.6 Å². The number of hydrogen-bond acceptors (Lipinski definition) is 8. The third-order valence-electron chi connectivity index (χ3n) is 4.08. The highest BCUT2D eigenvalue weighted by Crippen LogP contribution is 2.20. The van der Waals surface area contributed by atoms with E-state index in [-0.39, 0.29) is 29.1 Å². The Morgan fingerprint density at radius 2 is 1.87 bits per heavy atom. The normalized spacial score (nSPS) is 10.5. The van der Waals surface area contributed by atoms with Crippen LogP contribution in [0.5, 0.6) is 5.75 Å². The molecule has 0 aliphatic heterocycles. The molecule has 30 heavy (non-hydrogen) atoms. The van der Waals surface area contributed by atoms with Gasteiger partial charge in [-0.05, 0) is 36.2 Å². The highest BCUT2D eigenvalue weighted by atomic mass is 32.2. The van der Waals surface area contributed by atoms with Crippen molar-refractivity contribution in [3.63, 3.8) is 0 Å². The Bertz CT molecular complexity index is 1000. The number of amides is 1. The fraction of sp³-hybridized carbons (Fsp3) is 0.238. The van der Waals surface area contributed by atoms with Crippen LogP contribution in [0.3, 0.4) is 0 Å². The molecule has 1 aromatic heterocycles. The molecule has 0 aliphatic carbocycles. The van der Waals surface area contributed by atoms with E-state index < -0.39 is 5.97 Å². The molecule has 0 aliphatic rings. The monoisotopic (exact) mass is 427 g/mol. The number of nitrogens with one attached hydrogen (secondary N) is 1. The number of anilines is 1. The summed E-state index contributed by atoms with van der Waals surface area (Å²) in [5.74, 6) is 0.223. The highest BCUT2D eigenvalue weighted by Gasteiger charge is 2.15. The molecule has 2 aromatic carbocycles. The first-order valence-electron chi connectivity index (χ1n) is 9.23. The van der Waals surface area contributed by atoms with Crippen molar-refractivity contribution < 1.29 is 23.5 Å². The van der Waals surface area contributed by atoms with E-state index in [0.717, 1.165) is 18.2 Å². The van der Waals surface area contributed by atoms with Crippen molar-refractivity contribution in [2.45, 2.75) is 25.2 Å². The lowest BCUT2D eigenvalue weighted by molar-refractivity contribution is -0.113. The van der Waals surface area contributed by atoms with E-state index in [1.165, 1.54) is 12.7 Å². The molecule has 1 amide bonds. The summed E-state index contributed by atoms with van der Waals surface area (Å²) in [6, 6.07) is 14.4. The lowest BCUT2D eigenvalue weighted by Crippen LogP contribution is -2.17. The number of rotatable bonds is 9. The van der Waals surface area contributed by atoms with E-state index in [0.29, 0.717) is 17.3 Å². The van der Waals surface area contributed by atoms with Crippen molar-refractivity contribution in [2.24, 2.45) is 0 Å². The number of esters is 1. The molecule has 0 radical (unpaired) electrons. The van der Waals surface area contributed by atoms with Crippen LogP contribution in [0.25, 0.3) is 0 Å². The summed E-state index contributed by atoms with van der Waals surface area (Å²) < 4.78 is 15.8. The van der Waals surface area contributed by atoms with Crippen molar-refractivity contribution in [2.75, 3.05) is 18.2 Å². The second-order valence-corrected chi connectivity index (χ2v) is 7.05. The van der Waals surface area contributed by atoms with Gasteiger partial charge in [0.15, 0.2) is 6.61 Å². The molecular weight excluding hydrogens is 406 g/mol. The first kappa shape index (κ1) is 21.4. The number of ether oxygens (including phenoxy) is 2. The molecule has 3 aromatic rings. The summed E-state index contributed by atoms with van der Waals surface area (Å²) in [7, 11) is 1.29. The third kappa shape index (κ3) is 5.84. The summed E-state index contributed by atoms with van der Waals surface area (Å²) in [6.45, 7) is 2.23. The van der Waals surface area contributed by atoms with Gasteiger partial charge in [0.05, 0.1) is 24.1 Å². The zero-order chi connectivity index (χ0) is 21.3. The van der Waals surface area contributed by atoms with Crippen molar-refractivity contribution in [3.05, 3.63) is 65.5 Å². The second-order valence-electron chi connectivity index (χ2n) is 6.12. The van der Waals surface area contributed by atoms with Gasteiger partial charge in [-0.2, -0.15) is 0 Å². The molecule has 0 fully saturated rings. The van der Waals surface area contributed by atoms with Gasteiger partial charge in [0.2, 0.25) is 5.91 Å². The molecule has 0 bridgehead atoms. The van der Waals surface area contributed by atoms with Gasteiger partial charge in [0.25, 0.3) is 11.1 Å². The lowest BCUT2D eigenvalue weighted by atomic mass is 10.2. The Labute approximate surface area is 178 Å². The Balaban J connectivity index is 1.49. The van der Waals surface area contributed by atoms with Gasteiger partial charge in [-0.15, -0.1) is 10.2 Å². The number of para-hydroxylation sites is 1. The summed E-state index contributed by atoms with van der Waals surface area (Å²) in [5, 5.41) is 10.8. The van der Waals surface area contributed by atoms with Crippen molar-refractivity contribution in [1.29, 1.82) is 0 Å². The molecule has 156 valence electrons. The fourth-order valence-electron chi connectivity index (χ4n) is 2.51. The van der Waals surface area contributed by atoms with Gasteiger partial charge in [-0.25, -0.2) is 4.79 Å². The minimum absolute atomic E-state index is 0.0382. The van der Waals surface area contributed by atoms with E-state index in [4.69, 9.17) is 13.9 Å². The molecule has 0 spiro atoms. The summed E-state index contributed by atoms with van der Waals surface area (Å²) in [6.07, 6.45) is 0.965. The number of thioether (sulfide) groups is 1. The highest BCUT2D eigenvalue weighted by molar-refractivity contribution is 7.99. The zero-order valence-electron chi connectivity index (χ0n) is 16.6. The van der Waals surface area contributed by atoms with Crippen molar-refractivity contribution >= 4 is 29.3 Å². The van der Waals surface area contributed by atoms with Crippen LogP contribution in [0, 0.1) is 0 Å². The van der Waals surface area contributed by atoms with Gasteiger partial charge >= 0.3 is 5.97 Å². The lowest BCUT2D eigenvalue weighted by Gasteiger charge is -2.08. The van der Waals surface area contributed by atoms with E-state index >= 15 is 0 Å². The van der Waals surface area contributed by atoms with E-state index in [1.54, 1.807) is 24.3 Å². The van der Waals surface area contributed by atoms with Crippen LogP contribution in [-0.4, -0.2) is 34.9 Å². The number of aromatic nitrogens is 2. The number of nitrogens with zero attached hydrogens (tertiary/aromatic N) is 2. The molecule has 0 saturated heterocycles. The molecule has 9 heteroatoms. The molecular formula is C21H21N3O5S. The largest absolute Gasteiger partial charge is 0.484 e. The van der Waals surface area contributed by atoms with Gasteiger partial charge in [-0.1, -0.05) is 43.0 Å². The van der Waals surface area contributed by atoms with Crippen LogP contribution >= 0.6 is 11.8 Å². The van der Waals surface area contributed by atoms with Crippen LogP contribution in [0.2, 0.25) is 0 Å². The Kier molecular flexibility index (Phi) is 7.45. The number of methoxy groups -OCH3 is 1. The van der Waals surface area contributed by atoms with E-state index in [1.807, 2.05) is 24.3 Å². The summed E-state index contributed by atoms with van der Waals surface area (Å²) in [4.78, 5) is 24.0. The minimum atomic E-state index is -0.524. The molecule has 0 saturated carbocycles. The average molecular weight is 427 g/mol. The predicted octanol–water partition coefficient (Wildman–Crippen LogP) is 3.73. The topological polar surface area (TPSA) is 104 Å². The van der Waals surface area contributed by atoms with Crippen LogP contribution in [0.1, 0.15) is 28.7 Å². The van der Waals surface area contributed by atoms with Crippen LogP contribution in [0.15, 0.2) is 58.2 Å². The van der Waals surface area contributed by atoms with Gasteiger partial charge in [-0.3, -0.25) is 4.79 Å². The molecule has 1 heterocycles. The number of carbonyl (C=O) groups is 2. The van der Waals surface area contributed by atoms with Gasteiger partial charge in [0.1, 0.15) is 5.75 Å². The third-order valence-corrected chi connectivity index (χ3v) is 4.89. The number of aryl methyl sites for hydroxylation is 1. The molecule has 0 atom stereocenters. The van der Waals surface area contributed by atoms with Gasteiger partial charge < -0.3 is 19.2 Å². The summed E-state index contributed by atoms with van der Waals surface area (Å²) in [5.41, 5.74) is 1.89. The van der Waals surface area contributed by atoms with Gasteiger partial charge in [0, 0.05) is 0 Å². The molecule has 8 nitrogen and oxygen atoms in total. The number of carbonyl (C=O) groups excluding carboxylic acids is 2. The summed E-state index contributed by atoms with van der Waals surface area (Å²) >= 11 is 1.09. The maximum atomic E-state index is 12.2. The first-order chi connectivity index (χ1) is 14.6. The Morgan fingerprint density at radius 1 is 1.10 bits per heavy atom. The number of hydrogen-bond donors (Lipinski definition) is 1. The van der Waals surface area contributed by atoms with E-state index in [2.05, 4.69) is 22.4 Å². The van der Waals surface area contributed by atoms with Crippen LogP contribution < -0.4 is 10.1 Å². The molecule has 0 unspecified atom stereocenters. The molecule has 1 N–H and O–H groups in total. The quantitative estimate of drug-likeness (QED) is 0.407. The van der Waals surface area contributed by atoms with E-state index in [9.17, 15) is 9.59 Å².